The fraction of sp³-hybridized carbons (Fsp3) is 0.727. The predicted molar refractivity (Wildman–Crippen MR) is 362 cm³/mol. The van der Waals surface area contributed by atoms with E-state index in [1.807, 2.05) is 0 Å². The van der Waals surface area contributed by atoms with E-state index in [0.717, 1.165) is 135 Å². The Balaban J connectivity index is 4.17. The zero-order chi connectivity index (χ0) is 59.9. The van der Waals surface area contributed by atoms with Gasteiger partial charge < -0.3 is 14.2 Å². The molecule has 0 N–H and O–H groups in total. The minimum atomic E-state index is -0.787. The van der Waals surface area contributed by atoms with Crippen LogP contribution in [-0.2, 0) is 28.6 Å². The van der Waals surface area contributed by atoms with Gasteiger partial charge in [0.1, 0.15) is 13.2 Å². The maximum absolute atomic E-state index is 12.9. The van der Waals surface area contributed by atoms with Crippen LogP contribution >= 0.6 is 0 Å². The number of esters is 3. The molecule has 0 aromatic carbocycles. The second kappa shape index (κ2) is 70.6. The molecule has 0 aromatic heterocycles. The largest absolute Gasteiger partial charge is 0.462 e. The summed E-state index contributed by atoms with van der Waals surface area (Å²) in [6.07, 6.45) is 97.0. The van der Waals surface area contributed by atoms with Gasteiger partial charge in [-0.2, -0.15) is 0 Å². The lowest BCUT2D eigenvalue weighted by molar-refractivity contribution is -0.167. The van der Waals surface area contributed by atoms with Gasteiger partial charge in [0.2, 0.25) is 0 Å². The molecule has 0 aliphatic heterocycles. The van der Waals surface area contributed by atoms with Crippen molar-refractivity contribution in [2.24, 2.45) is 0 Å². The lowest BCUT2D eigenvalue weighted by atomic mass is 10.0. The van der Waals surface area contributed by atoms with Crippen molar-refractivity contribution in [1.82, 2.24) is 0 Å². The predicted octanol–water partition coefficient (Wildman–Crippen LogP) is 24.6. The van der Waals surface area contributed by atoms with Crippen molar-refractivity contribution >= 4 is 17.9 Å². The number of ether oxygens (including phenoxy) is 3. The van der Waals surface area contributed by atoms with E-state index in [-0.39, 0.29) is 31.1 Å². The van der Waals surface area contributed by atoms with Gasteiger partial charge in [0.15, 0.2) is 6.10 Å². The molecule has 0 rings (SSSR count). The molecule has 0 radical (unpaired) electrons. The topological polar surface area (TPSA) is 78.9 Å². The Morgan fingerprint density at radius 2 is 0.470 bits per heavy atom. The number of carbonyl (C=O) groups is 3. The number of rotatable bonds is 64. The Kier molecular flexibility index (Phi) is 67.2. The van der Waals surface area contributed by atoms with Crippen LogP contribution in [-0.4, -0.2) is 37.2 Å². The maximum Gasteiger partial charge on any atom is 0.306 e. The third-order valence-electron chi connectivity index (χ3n) is 15.3. The van der Waals surface area contributed by atoms with Gasteiger partial charge >= 0.3 is 17.9 Å². The minimum absolute atomic E-state index is 0.0818. The summed E-state index contributed by atoms with van der Waals surface area (Å²) in [5, 5.41) is 0. The Hall–Kier alpha value is -3.93. The van der Waals surface area contributed by atoms with Crippen LogP contribution in [0.4, 0.5) is 0 Å². The third-order valence-corrected chi connectivity index (χ3v) is 15.3. The number of carbonyl (C=O) groups excluding carboxylic acids is 3. The lowest BCUT2D eigenvalue weighted by Crippen LogP contribution is -2.30. The van der Waals surface area contributed by atoms with Gasteiger partial charge in [0.25, 0.3) is 0 Å². The van der Waals surface area contributed by atoms with Crippen LogP contribution in [0.5, 0.6) is 0 Å². The smallest absolute Gasteiger partial charge is 0.306 e. The Morgan fingerprint density at radius 3 is 0.735 bits per heavy atom. The van der Waals surface area contributed by atoms with Crippen molar-refractivity contribution in [3.05, 3.63) is 109 Å². The number of hydrogen-bond donors (Lipinski definition) is 0. The summed E-state index contributed by atoms with van der Waals surface area (Å²) in [5.41, 5.74) is 0. The molecule has 0 aliphatic carbocycles. The molecule has 0 fully saturated rings. The minimum Gasteiger partial charge on any atom is -0.462 e. The molecule has 0 spiro atoms. The Bertz CT molecular complexity index is 1660. The van der Waals surface area contributed by atoms with E-state index in [2.05, 4.69) is 130 Å². The van der Waals surface area contributed by atoms with Crippen molar-refractivity contribution in [3.8, 4) is 0 Å². The van der Waals surface area contributed by atoms with Crippen LogP contribution in [0.3, 0.4) is 0 Å². The highest BCUT2D eigenvalue weighted by Gasteiger charge is 2.19. The van der Waals surface area contributed by atoms with Gasteiger partial charge in [-0.05, 0) is 103 Å². The van der Waals surface area contributed by atoms with Crippen molar-refractivity contribution in [1.29, 1.82) is 0 Å². The van der Waals surface area contributed by atoms with Crippen LogP contribution < -0.4 is 0 Å². The van der Waals surface area contributed by atoms with Gasteiger partial charge in [0.05, 0.1) is 0 Å². The van der Waals surface area contributed by atoms with Gasteiger partial charge in [-0.1, -0.05) is 329 Å². The molecule has 0 saturated carbocycles. The van der Waals surface area contributed by atoms with Crippen LogP contribution in [0.2, 0.25) is 0 Å². The molecule has 0 aromatic rings. The first kappa shape index (κ1) is 79.1. The summed E-state index contributed by atoms with van der Waals surface area (Å²) in [5.74, 6) is -0.886. The number of unbranched alkanes of at least 4 members (excludes halogenated alkanes) is 35. The Labute approximate surface area is 514 Å². The average molecular weight is 1150 g/mol. The molecular formula is C77H132O6. The number of hydrogen-bond acceptors (Lipinski definition) is 6. The normalized spacial score (nSPS) is 12.8. The first-order chi connectivity index (χ1) is 41.0. The lowest BCUT2D eigenvalue weighted by Gasteiger charge is -2.18. The number of allylic oxidation sites excluding steroid dienone is 18. The maximum atomic E-state index is 12.9. The van der Waals surface area contributed by atoms with Gasteiger partial charge in [0, 0.05) is 19.3 Å². The molecule has 0 saturated heterocycles. The molecular weight excluding hydrogens is 1020 g/mol. The second-order valence-electron chi connectivity index (χ2n) is 23.4. The summed E-state index contributed by atoms with van der Waals surface area (Å²) in [6.45, 7) is 6.43. The molecule has 0 aliphatic rings. The zero-order valence-electron chi connectivity index (χ0n) is 54.7. The van der Waals surface area contributed by atoms with Crippen molar-refractivity contribution in [2.45, 2.75) is 348 Å². The zero-order valence-corrected chi connectivity index (χ0v) is 54.7. The molecule has 1 atom stereocenters. The monoisotopic (exact) mass is 1150 g/mol. The van der Waals surface area contributed by atoms with Crippen LogP contribution in [0, 0.1) is 0 Å². The summed E-state index contributed by atoms with van der Waals surface area (Å²) in [4.78, 5) is 38.4. The molecule has 6 nitrogen and oxygen atoms in total. The molecule has 0 heterocycles. The van der Waals surface area contributed by atoms with E-state index < -0.39 is 6.10 Å². The molecule has 0 amide bonds. The molecule has 476 valence electrons. The summed E-state index contributed by atoms with van der Waals surface area (Å²) < 4.78 is 16.9. The van der Waals surface area contributed by atoms with Gasteiger partial charge in [-0.25, -0.2) is 0 Å². The summed E-state index contributed by atoms with van der Waals surface area (Å²) in [6, 6.07) is 0. The summed E-state index contributed by atoms with van der Waals surface area (Å²) >= 11 is 0. The van der Waals surface area contributed by atoms with Crippen LogP contribution in [0.1, 0.15) is 342 Å². The van der Waals surface area contributed by atoms with Gasteiger partial charge in [-0.15, -0.1) is 0 Å². The van der Waals surface area contributed by atoms with E-state index in [1.165, 1.54) is 167 Å². The van der Waals surface area contributed by atoms with Crippen molar-refractivity contribution < 1.29 is 28.6 Å². The Morgan fingerprint density at radius 1 is 0.253 bits per heavy atom. The van der Waals surface area contributed by atoms with E-state index in [9.17, 15) is 14.4 Å². The fourth-order valence-electron chi connectivity index (χ4n) is 10.1. The fourth-order valence-corrected chi connectivity index (χ4v) is 10.1. The van der Waals surface area contributed by atoms with Crippen molar-refractivity contribution in [2.75, 3.05) is 13.2 Å². The first-order valence-electron chi connectivity index (χ1n) is 35.4. The average Bonchev–Trinajstić information content (AvgIpc) is 3.48. The first-order valence-corrected chi connectivity index (χ1v) is 35.4. The third kappa shape index (κ3) is 68.7. The quantitative estimate of drug-likeness (QED) is 0.0261. The highest BCUT2D eigenvalue weighted by Crippen LogP contribution is 2.18. The van der Waals surface area contributed by atoms with Crippen LogP contribution in [0.25, 0.3) is 0 Å². The molecule has 83 heavy (non-hydrogen) atoms. The van der Waals surface area contributed by atoms with Gasteiger partial charge in [-0.3, -0.25) is 14.4 Å². The highest BCUT2D eigenvalue weighted by atomic mass is 16.6. The van der Waals surface area contributed by atoms with E-state index in [0.29, 0.717) is 19.3 Å². The molecule has 6 heteroatoms. The molecule has 0 bridgehead atoms. The van der Waals surface area contributed by atoms with Crippen molar-refractivity contribution in [3.63, 3.8) is 0 Å². The van der Waals surface area contributed by atoms with E-state index >= 15 is 0 Å². The molecule has 1 unspecified atom stereocenters. The van der Waals surface area contributed by atoms with E-state index in [1.54, 1.807) is 0 Å². The van der Waals surface area contributed by atoms with E-state index in [4.69, 9.17) is 14.2 Å². The standard InChI is InChI=1S/C77H132O6/c1-4-7-10-13-16-19-22-24-26-28-30-32-33-34-35-36-37-38-39-40-41-42-43-45-46-48-50-52-55-58-61-64-67-70-76(79)82-73-74(72-81-75(78)69-66-63-60-57-54-21-18-15-12-9-6-3)83-77(80)71-68-65-62-59-56-53-51-49-47-44-31-29-27-25-23-20-17-14-11-8-5-2/h7-8,10-11,16-17,19-20,24-27,30-32,44,49,51,74H,4-6,9,12-15,18,21-23,28-29,33-43,45-48,50,52-73H2,1-3H3/b10-7-,11-8-,19-16-,20-17-,26-24-,27-25-,32-30-,44-31-,51-49-. The SMILES string of the molecule is CC/C=C\C/C=C\C/C=C\C/C=C\C/C=C\CCCCCCCC(=O)OC(COC(=O)CCCCCCCCCCCCC)COC(=O)CCCCCCCCCCCCCCCCCCCCCC/C=C\C/C=C\C/C=C\C/C=C\CC. The second-order valence-corrected chi connectivity index (χ2v) is 23.4. The summed E-state index contributed by atoms with van der Waals surface area (Å²) in [7, 11) is 0. The highest BCUT2D eigenvalue weighted by molar-refractivity contribution is 5.71. The van der Waals surface area contributed by atoms with Crippen LogP contribution in [0.15, 0.2) is 109 Å².